The molecule has 3 nitrogen and oxygen atoms in total. The van der Waals surface area contributed by atoms with E-state index in [0.717, 1.165) is 6.54 Å². The fourth-order valence-corrected chi connectivity index (χ4v) is 2.09. The monoisotopic (exact) mass is 214 g/mol. The molecular weight excluding hydrogens is 188 g/mol. The minimum absolute atomic E-state index is 0.00702. The van der Waals surface area contributed by atoms with E-state index in [2.05, 4.69) is 30.6 Å². The Morgan fingerprint density at radius 1 is 1.07 bits per heavy atom. The maximum atomic E-state index is 5.46. The molecule has 1 saturated heterocycles. The van der Waals surface area contributed by atoms with Crippen molar-refractivity contribution in [1.82, 2.24) is 9.80 Å². The predicted octanol–water partition coefficient (Wildman–Crippen LogP) is 1.44. The van der Waals surface area contributed by atoms with Gasteiger partial charge in [-0.1, -0.05) is 6.92 Å². The van der Waals surface area contributed by atoms with E-state index in [1.54, 1.807) is 7.11 Å². The first kappa shape index (κ1) is 12.9. The van der Waals surface area contributed by atoms with E-state index < -0.39 is 0 Å². The van der Waals surface area contributed by atoms with Gasteiger partial charge in [-0.05, 0) is 26.8 Å². The van der Waals surface area contributed by atoms with Gasteiger partial charge in [0, 0.05) is 39.8 Å². The summed E-state index contributed by atoms with van der Waals surface area (Å²) < 4.78 is 5.46. The zero-order valence-electron chi connectivity index (χ0n) is 10.8. The molecule has 90 valence electrons. The number of hydrogen-bond donors (Lipinski definition) is 0. The molecule has 0 saturated carbocycles. The first-order valence-corrected chi connectivity index (χ1v) is 6.07. The van der Waals surface area contributed by atoms with Crippen molar-refractivity contribution in [3.8, 4) is 0 Å². The molecule has 0 unspecified atom stereocenters. The Morgan fingerprint density at radius 2 is 1.60 bits per heavy atom. The summed E-state index contributed by atoms with van der Waals surface area (Å²) in [6, 6.07) is 0. The lowest BCUT2D eigenvalue weighted by atomic mass is 10.1. The van der Waals surface area contributed by atoms with Crippen LogP contribution in [0.1, 0.15) is 27.2 Å². The van der Waals surface area contributed by atoms with Crippen LogP contribution in [0.3, 0.4) is 0 Å². The SMILES string of the molecule is CCCN1CCN(CC(C)(C)OC)CC1. The van der Waals surface area contributed by atoms with Gasteiger partial charge in [0.15, 0.2) is 0 Å². The van der Waals surface area contributed by atoms with Crippen LogP contribution >= 0.6 is 0 Å². The van der Waals surface area contributed by atoms with Crippen molar-refractivity contribution < 1.29 is 4.74 Å². The number of rotatable bonds is 5. The maximum absolute atomic E-state index is 5.46. The van der Waals surface area contributed by atoms with Gasteiger partial charge >= 0.3 is 0 Å². The molecule has 0 aromatic rings. The van der Waals surface area contributed by atoms with Gasteiger partial charge in [-0.3, -0.25) is 4.90 Å². The Labute approximate surface area is 94.4 Å². The quantitative estimate of drug-likeness (QED) is 0.689. The average molecular weight is 214 g/mol. The van der Waals surface area contributed by atoms with Crippen molar-refractivity contribution in [2.45, 2.75) is 32.8 Å². The van der Waals surface area contributed by atoms with Gasteiger partial charge in [0.1, 0.15) is 0 Å². The lowest BCUT2D eigenvalue weighted by molar-refractivity contribution is -0.0180. The molecule has 0 aliphatic carbocycles. The van der Waals surface area contributed by atoms with Crippen LogP contribution in [-0.4, -0.2) is 61.8 Å². The highest BCUT2D eigenvalue weighted by molar-refractivity contribution is 4.78. The molecule has 1 heterocycles. The summed E-state index contributed by atoms with van der Waals surface area (Å²) in [5.41, 5.74) is -0.00702. The van der Waals surface area contributed by atoms with E-state index in [4.69, 9.17) is 4.74 Å². The molecule has 0 atom stereocenters. The third-order valence-corrected chi connectivity index (χ3v) is 3.16. The van der Waals surface area contributed by atoms with Gasteiger partial charge in [0.05, 0.1) is 5.60 Å². The summed E-state index contributed by atoms with van der Waals surface area (Å²) in [6.45, 7) is 13.7. The summed E-state index contributed by atoms with van der Waals surface area (Å²) in [5.74, 6) is 0. The van der Waals surface area contributed by atoms with Crippen LogP contribution in [0.5, 0.6) is 0 Å². The Balaban J connectivity index is 2.25. The Kier molecular flexibility index (Phi) is 5.03. The molecular formula is C12H26N2O. The van der Waals surface area contributed by atoms with Crippen molar-refractivity contribution >= 4 is 0 Å². The predicted molar refractivity (Wildman–Crippen MR) is 64.3 cm³/mol. The van der Waals surface area contributed by atoms with Crippen LogP contribution in [0, 0.1) is 0 Å². The Hall–Kier alpha value is -0.120. The molecule has 0 aromatic carbocycles. The minimum atomic E-state index is -0.00702. The molecule has 1 rings (SSSR count). The van der Waals surface area contributed by atoms with Crippen LogP contribution < -0.4 is 0 Å². The second-order valence-corrected chi connectivity index (χ2v) is 5.08. The third-order valence-electron chi connectivity index (χ3n) is 3.16. The van der Waals surface area contributed by atoms with Gasteiger partial charge in [0.25, 0.3) is 0 Å². The second-order valence-electron chi connectivity index (χ2n) is 5.08. The molecule has 0 radical (unpaired) electrons. The van der Waals surface area contributed by atoms with Crippen LogP contribution in [0.4, 0.5) is 0 Å². The molecule has 0 bridgehead atoms. The fraction of sp³-hybridized carbons (Fsp3) is 1.00. The second kappa shape index (κ2) is 5.83. The third kappa shape index (κ3) is 4.49. The zero-order valence-corrected chi connectivity index (χ0v) is 10.8. The molecule has 0 N–H and O–H groups in total. The highest BCUT2D eigenvalue weighted by Gasteiger charge is 2.23. The van der Waals surface area contributed by atoms with Crippen molar-refractivity contribution in [3.63, 3.8) is 0 Å². The van der Waals surface area contributed by atoms with Crippen molar-refractivity contribution in [2.24, 2.45) is 0 Å². The number of hydrogen-bond acceptors (Lipinski definition) is 3. The van der Waals surface area contributed by atoms with E-state index in [-0.39, 0.29) is 5.60 Å². The zero-order chi connectivity index (χ0) is 11.3. The summed E-state index contributed by atoms with van der Waals surface area (Å²) in [5, 5.41) is 0. The molecule has 0 aromatic heterocycles. The van der Waals surface area contributed by atoms with Gasteiger partial charge in [0.2, 0.25) is 0 Å². The number of ether oxygens (including phenoxy) is 1. The molecule has 15 heavy (non-hydrogen) atoms. The summed E-state index contributed by atoms with van der Waals surface area (Å²) >= 11 is 0. The molecule has 1 aliphatic rings. The first-order valence-electron chi connectivity index (χ1n) is 6.07. The highest BCUT2D eigenvalue weighted by atomic mass is 16.5. The van der Waals surface area contributed by atoms with Crippen LogP contribution in [0.15, 0.2) is 0 Å². The Morgan fingerprint density at radius 3 is 2.07 bits per heavy atom. The van der Waals surface area contributed by atoms with Gasteiger partial charge < -0.3 is 9.64 Å². The largest absolute Gasteiger partial charge is 0.377 e. The Bertz CT molecular complexity index is 174. The summed E-state index contributed by atoms with van der Waals surface area (Å²) in [7, 11) is 1.80. The topological polar surface area (TPSA) is 15.7 Å². The van der Waals surface area contributed by atoms with Crippen molar-refractivity contribution in [3.05, 3.63) is 0 Å². The average Bonchev–Trinajstić information content (AvgIpc) is 2.21. The van der Waals surface area contributed by atoms with Gasteiger partial charge in [-0.25, -0.2) is 0 Å². The fourth-order valence-electron chi connectivity index (χ4n) is 2.09. The normalized spacial score (nSPS) is 20.8. The van der Waals surface area contributed by atoms with Crippen molar-refractivity contribution in [2.75, 3.05) is 46.4 Å². The number of piperazine rings is 1. The molecule has 1 fully saturated rings. The van der Waals surface area contributed by atoms with Gasteiger partial charge in [-0.15, -0.1) is 0 Å². The lowest BCUT2D eigenvalue weighted by Crippen LogP contribution is -2.50. The minimum Gasteiger partial charge on any atom is -0.377 e. The van der Waals surface area contributed by atoms with E-state index in [1.807, 2.05) is 0 Å². The number of methoxy groups -OCH3 is 1. The smallest absolute Gasteiger partial charge is 0.0749 e. The lowest BCUT2D eigenvalue weighted by Gasteiger charge is -2.38. The standard InChI is InChI=1S/C12H26N2O/c1-5-6-13-7-9-14(10-8-13)11-12(2,3)15-4/h5-11H2,1-4H3. The van der Waals surface area contributed by atoms with Crippen LogP contribution in [0.2, 0.25) is 0 Å². The molecule has 0 spiro atoms. The first-order chi connectivity index (χ1) is 7.07. The summed E-state index contributed by atoms with van der Waals surface area (Å²) in [6.07, 6.45) is 1.27. The maximum Gasteiger partial charge on any atom is 0.0749 e. The van der Waals surface area contributed by atoms with E-state index in [0.29, 0.717) is 0 Å². The molecule has 1 aliphatic heterocycles. The highest BCUT2D eigenvalue weighted by Crippen LogP contribution is 2.12. The molecule has 0 amide bonds. The van der Waals surface area contributed by atoms with Crippen molar-refractivity contribution in [1.29, 1.82) is 0 Å². The molecule has 3 heteroatoms. The summed E-state index contributed by atoms with van der Waals surface area (Å²) in [4.78, 5) is 5.06. The van der Waals surface area contributed by atoms with E-state index >= 15 is 0 Å². The van der Waals surface area contributed by atoms with Gasteiger partial charge in [-0.2, -0.15) is 0 Å². The number of nitrogens with zero attached hydrogens (tertiary/aromatic N) is 2. The van der Waals surface area contributed by atoms with Crippen LogP contribution in [0.25, 0.3) is 0 Å². The van der Waals surface area contributed by atoms with Crippen LogP contribution in [-0.2, 0) is 4.74 Å². The van der Waals surface area contributed by atoms with E-state index in [1.165, 1.54) is 39.1 Å². The van der Waals surface area contributed by atoms with E-state index in [9.17, 15) is 0 Å².